The van der Waals surface area contributed by atoms with Crippen LogP contribution in [0.5, 0.6) is 0 Å². The third-order valence-corrected chi connectivity index (χ3v) is 9.70. The Balaban J connectivity index is 0.000000116. The SMILES string of the molecule is C[n+]1ccccc1-c1[c-]ccc2c1oc1ccccc12.[Ir+3].[c-]1ccc2c(c1)oc1ccccc12.[c-]1ccc2c(oc3ccccc32)c1-c1ccccn1.c1ccncc1. The van der Waals surface area contributed by atoms with Crippen molar-refractivity contribution in [1.82, 2.24) is 9.97 Å². The molecule has 0 bridgehead atoms. The fourth-order valence-corrected chi connectivity index (χ4v) is 6.99. The number of aryl methyl sites for hydroxylation is 1. The molecule has 0 atom stereocenters. The molecule has 0 aliphatic carbocycles. The van der Waals surface area contributed by atoms with Crippen LogP contribution in [-0.4, -0.2) is 9.97 Å². The van der Waals surface area contributed by atoms with Crippen molar-refractivity contribution in [2.45, 2.75) is 0 Å². The van der Waals surface area contributed by atoms with Gasteiger partial charge in [0.05, 0.1) is 11.2 Å². The first-order valence-corrected chi connectivity index (χ1v) is 18.9. The molecule has 0 radical (unpaired) electrons. The Morgan fingerprint density at radius 3 is 1.58 bits per heavy atom. The van der Waals surface area contributed by atoms with E-state index in [4.69, 9.17) is 13.3 Å². The fraction of sp³-hybridized carbons (Fsp3) is 0.0192. The molecule has 0 amide bonds. The number of fused-ring (bicyclic) bond motifs is 9. The number of aromatic nitrogens is 3. The van der Waals surface area contributed by atoms with E-state index in [0.29, 0.717) is 0 Å². The number of benzene rings is 6. The molecule has 284 valence electrons. The van der Waals surface area contributed by atoms with Gasteiger partial charge in [0.25, 0.3) is 0 Å². The molecule has 0 unspecified atom stereocenters. The van der Waals surface area contributed by atoms with Gasteiger partial charge in [-0.05, 0) is 53.7 Å². The first kappa shape index (κ1) is 38.7. The Morgan fingerprint density at radius 1 is 0.458 bits per heavy atom. The van der Waals surface area contributed by atoms with Gasteiger partial charge in [0.2, 0.25) is 0 Å². The molecule has 7 heteroatoms. The van der Waals surface area contributed by atoms with Crippen LogP contribution >= 0.6 is 0 Å². The quantitative estimate of drug-likeness (QED) is 0.128. The Bertz CT molecular complexity index is 3190. The maximum absolute atomic E-state index is 6.05. The molecule has 6 nitrogen and oxygen atoms in total. The summed E-state index contributed by atoms with van der Waals surface area (Å²) in [6, 6.07) is 65.3. The van der Waals surface area contributed by atoms with E-state index >= 15 is 0 Å². The standard InChI is InChI=1S/C18H13NO.C17H10NO.C12H7O.C5H5N.Ir/c1-19-12-5-4-10-16(19)15-9-6-8-14-13-7-2-3-11-17(13)20-18(14)15;1-2-10-16-12(6-1)13-7-5-8-14(17(13)19-16)15-9-3-4-11-18-15;1-3-7-11-9(5-1)10-6-2-4-8-12(10)13-11;1-2-4-6-5-3-1;/h2-8,10-12H,1H3;1-7,9-11H;1-3,5-8H;1-5H;/q;2*-1;;+3. The van der Waals surface area contributed by atoms with Gasteiger partial charge >= 0.3 is 20.1 Å². The van der Waals surface area contributed by atoms with Crippen LogP contribution in [0.4, 0.5) is 0 Å². The van der Waals surface area contributed by atoms with Crippen molar-refractivity contribution in [3.8, 4) is 22.5 Å². The average molecular weight is 942 g/mol. The second kappa shape index (κ2) is 18.0. The Morgan fingerprint density at radius 2 is 0.983 bits per heavy atom. The molecule has 0 N–H and O–H groups in total. The molecule has 6 aromatic heterocycles. The van der Waals surface area contributed by atoms with E-state index in [1.165, 1.54) is 5.39 Å². The van der Waals surface area contributed by atoms with E-state index < -0.39 is 0 Å². The van der Waals surface area contributed by atoms with E-state index in [0.717, 1.165) is 82.9 Å². The first-order chi connectivity index (χ1) is 28.7. The van der Waals surface area contributed by atoms with Gasteiger partial charge < -0.3 is 18.2 Å². The van der Waals surface area contributed by atoms with Crippen LogP contribution in [0.15, 0.2) is 208 Å². The molecule has 0 spiro atoms. The third kappa shape index (κ3) is 8.16. The van der Waals surface area contributed by atoms with E-state index in [1.54, 1.807) is 18.6 Å². The third-order valence-electron chi connectivity index (χ3n) is 9.70. The minimum Gasteiger partial charge on any atom is -0.516 e. The Labute approximate surface area is 354 Å². The van der Waals surface area contributed by atoms with Crippen molar-refractivity contribution in [3.05, 3.63) is 213 Å². The van der Waals surface area contributed by atoms with Gasteiger partial charge in [-0.1, -0.05) is 101 Å². The number of hydrogen-bond donors (Lipinski definition) is 0. The number of hydrogen-bond acceptors (Lipinski definition) is 5. The van der Waals surface area contributed by atoms with Crippen LogP contribution in [0, 0.1) is 18.2 Å². The van der Waals surface area contributed by atoms with Crippen molar-refractivity contribution >= 4 is 65.8 Å². The summed E-state index contributed by atoms with van der Waals surface area (Å²) in [4.78, 5) is 8.16. The summed E-state index contributed by atoms with van der Waals surface area (Å²) >= 11 is 0. The normalized spacial score (nSPS) is 10.7. The molecular weight excluding hydrogens is 907 g/mol. The van der Waals surface area contributed by atoms with Crippen LogP contribution in [0.3, 0.4) is 0 Å². The van der Waals surface area contributed by atoms with Crippen LogP contribution in [0.25, 0.3) is 88.3 Å². The summed E-state index contributed by atoms with van der Waals surface area (Å²) in [6.07, 6.45) is 7.31. The van der Waals surface area contributed by atoms with Crippen molar-refractivity contribution in [1.29, 1.82) is 0 Å². The summed E-state index contributed by atoms with van der Waals surface area (Å²) in [6.45, 7) is 0. The number of nitrogens with zero attached hydrogens (tertiary/aromatic N) is 3. The van der Waals surface area contributed by atoms with Crippen molar-refractivity contribution in [2.75, 3.05) is 0 Å². The number of para-hydroxylation sites is 3. The van der Waals surface area contributed by atoms with E-state index in [-0.39, 0.29) is 20.1 Å². The number of rotatable bonds is 2. The molecule has 0 fully saturated rings. The van der Waals surface area contributed by atoms with E-state index in [1.807, 2.05) is 153 Å². The van der Waals surface area contributed by atoms with E-state index in [2.05, 4.69) is 63.1 Å². The van der Waals surface area contributed by atoms with Gasteiger partial charge in [-0.15, -0.1) is 42.5 Å². The van der Waals surface area contributed by atoms with Crippen LogP contribution in [-0.2, 0) is 27.2 Å². The number of pyridine rings is 3. The Kier molecular flexibility index (Phi) is 11.8. The molecule has 0 aliphatic heterocycles. The van der Waals surface area contributed by atoms with Crippen molar-refractivity contribution in [2.24, 2.45) is 7.05 Å². The summed E-state index contributed by atoms with van der Waals surface area (Å²) in [5, 5.41) is 6.86. The monoisotopic (exact) mass is 942 g/mol. The zero-order valence-electron chi connectivity index (χ0n) is 31.9. The van der Waals surface area contributed by atoms with Crippen molar-refractivity contribution in [3.63, 3.8) is 0 Å². The zero-order valence-corrected chi connectivity index (χ0v) is 34.3. The summed E-state index contributed by atoms with van der Waals surface area (Å²) in [5.41, 5.74) is 9.30. The van der Waals surface area contributed by atoms with Crippen LogP contribution in [0.2, 0.25) is 0 Å². The molecule has 0 saturated carbocycles. The maximum atomic E-state index is 6.05. The summed E-state index contributed by atoms with van der Waals surface area (Å²) in [5.74, 6) is 0. The molecule has 0 saturated heterocycles. The summed E-state index contributed by atoms with van der Waals surface area (Å²) in [7, 11) is 2.03. The topological polar surface area (TPSA) is 69.1 Å². The average Bonchev–Trinajstić information content (AvgIpc) is 4.00. The van der Waals surface area contributed by atoms with Gasteiger partial charge in [0, 0.05) is 46.4 Å². The molecule has 0 aliphatic rings. The van der Waals surface area contributed by atoms with Crippen LogP contribution in [0.1, 0.15) is 0 Å². The molecular formula is C52H35IrN3O3+. The van der Waals surface area contributed by atoms with Gasteiger partial charge in [0.15, 0.2) is 6.20 Å². The second-order valence-electron chi connectivity index (χ2n) is 13.3. The largest absolute Gasteiger partial charge is 3.00 e. The molecule has 12 rings (SSSR count). The smallest absolute Gasteiger partial charge is 0.516 e. The number of furan rings is 3. The van der Waals surface area contributed by atoms with Gasteiger partial charge in [0.1, 0.15) is 29.5 Å². The van der Waals surface area contributed by atoms with Gasteiger partial charge in [-0.3, -0.25) is 4.98 Å². The predicted octanol–water partition coefficient (Wildman–Crippen LogP) is 12.8. The predicted molar refractivity (Wildman–Crippen MR) is 232 cm³/mol. The Hall–Kier alpha value is -7.18. The minimum atomic E-state index is 0. The summed E-state index contributed by atoms with van der Waals surface area (Å²) < 4.78 is 19.7. The molecule has 6 heterocycles. The van der Waals surface area contributed by atoms with Crippen LogP contribution < -0.4 is 4.57 Å². The van der Waals surface area contributed by atoms with E-state index in [9.17, 15) is 0 Å². The second-order valence-corrected chi connectivity index (χ2v) is 13.3. The minimum absolute atomic E-state index is 0. The zero-order chi connectivity index (χ0) is 39.1. The molecule has 59 heavy (non-hydrogen) atoms. The first-order valence-electron chi connectivity index (χ1n) is 18.9. The van der Waals surface area contributed by atoms with Crippen molar-refractivity contribution < 1.29 is 37.9 Å². The van der Waals surface area contributed by atoms with Gasteiger partial charge in [-0.2, -0.15) is 18.2 Å². The molecule has 12 aromatic rings. The van der Waals surface area contributed by atoms with Gasteiger partial charge in [-0.25, -0.2) is 4.57 Å². The molecule has 6 aromatic carbocycles. The fourth-order valence-electron chi connectivity index (χ4n) is 6.99. The maximum Gasteiger partial charge on any atom is 3.00 e.